The molecule has 4 nitrogen and oxygen atoms in total. The van der Waals surface area contributed by atoms with Crippen LogP contribution in [0.1, 0.15) is 16.6 Å². The number of alkyl halides is 3. The maximum Gasteiger partial charge on any atom is 0.434 e. The van der Waals surface area contributed by atoms with Crippen molar-refractivity contribution in [2.24, 2.45) is 11.8 Å². The van der Waals surface area contributed by atoms with Gasteiger partial charge in [-0.15, -0.1) is 10.2 Å². The number of fused-ring (bicyclic) bond motifs is 1. The standard InChI is InChI=1S/C13H11F3N4S/c14-13(15,16)10-6(2-1-3-18-10)11-19-20-12(21-11)9-7-4-17-5-8(7)9/h1-3,7-9,17H,4-5H2. The maximum atomic E-state index is 13.0. The Morgan fingerprint density at radius 2 is 1.95 bits per heavy atom. The topological polar surface area (TPSA) is 50.7 Å². The fourth-order valence-electron chi connectivity index (χ4n) is 3.07. The second-order valence-electron chi connectivity index (χ2n) is 5.35. The first-order chi connectivity index (χ1) is 10.1. The lowest BCUT2D eigenvalue weighted by Gasteiger charge is -2.08. The number of pyridine rings is 1. The number of nitrogens with one attached hydrogen (secondary N) is 1. The Bertz CT molecular complexity index is 674. The first-order valence-electron chi connectivity index (χ1n) is 6.62. The van der Waals surface area contributed by atoms with E-state index in [0.717, 1.165) is 24.3 Å². The van der Waals surface area contributed by atoms with E-state index in [1.165, 1.54) is 23.5 Å². The Kier molecular flexibility index (Phi) is 2.80. The van der Waals surface area contributed by atoms with E-state index in [9.17, 15) is 13.2 Å². The lowest BCUT2D eigenvalue weighted by molar-refractivity contribution is -0.140. The minimum absolute atomic E-state index is 0.0117. The van der Waals surface area contributed by atoms with Gasteiger partial charge in [0.05, 0.1) is 0 Å². The molecule has 3 heterocycles. The van der Waals surface area contributed by atoms with E-state index in [-0.39, 0.29) is 5.56 Å². The normalized spacial score (nSPS) is 27.7. The van der Waals surface area contributed by atoms with Crippen molar-refractivity contribution >= 4 is 11.3 Å². The van der Waals surface area contributed by atoms with Crippen LogP contribution >= 0.6 is 11.3 Å². The Labute approximate surface area is 122 Å². The van der Waals surface area contributed by atoms with Gasteiger partial charge in [0, 0.05) is 17.7 Å². The average molecular weight is 312 g/mol. The molecule has 0 aromatic carbocycles. The van der Waals surface area contributed by atoms with Gasteiger partial charge in [0.2, 0.25) is 0 Å². The van der Waals surface area contributed by atoms with Gasteiger partial charge in [-0.3, -0.25) is 4.98 Å². The Hall–Kier alpha value is -1.54. The monoisotopic (exact) mass is 312 g/mol. The summed E-state index contributed by atoms with van der Waals surface area (Å²) in [5, 5.41) is 12.5. The number of hydrogen-bond acceptors (Lipinski definition) is 5. The first kappa shape index (κ1) is 13.1. The summed E-state index contributed by atoms with van der Waals surface area (Å²) in [4.78, 5) is 3.46. The van der Waals surface area contributed by atoms with E-state index in [2.05, 4.69) is 20.5 Å². The Morgan fingerprint density at radius 1 is 1.19 bits per heavy atom. The van der Waals surface area contributed by atoms with Crippen molar-refractivity contribution in [1.29, 1.82) is 0 Å². The molecule has 2 aromatic heterocycles. The second-order valence-corrected chi connectivity index (χ2v) is 6.36. The van der Waals surface area contributed by atoms with Crippen LogP contribution < -0.4 is 5.32 Å². The van der Waals surface area contributed by atoms with Crippen molar-refractivity contribution in [3.8, 4) is 10.6 Å². The number of halogens is 3. The zero-order valence-electron chi connectivity index (χ0n) is 10.8. The summed E-state index contributed by atoms with van der Waals surface area (Å²) in [5.74, 6) is 1.51. The van der Waals surface area contributed by atoms with Crippen LogP contribution in [0.25, 0.3) is 10.6 Å². The predicted molar refractivity (Wildman–Crippen MR) is 70.7 cm³/mol. The van der Waals surface area contributed by atoms with Crippen LogP contribution in [0.15, 0.2) is 18.3 Å². The fraction of sp³-hybridized carbons (Fsp3) is 0.462. The lowest BCUT2D eigenvalue weighted by atomic mass is 10.2. The molecule has 0 bridgehead atoms. The molecule has 4 rings (SSSR count). The quantitative estimate of drug-likeness (QED) is 0.926. The van der Waals surface area contributed by atoms with Crippen molar-refractivity contribution in [1.82, 2.24) is 20.5 Å². The van der Waals surface area contributed by atoms with Crippen LogP contribution in [-0.4, -0.2) is 28.3 Å². The highest BCUT2D eigenvalue weighted by Crippen LogP contribution is 2.56. The van der Waals surface area contributed by atoms with Crippen molar-refractivity contribution in [2.45, 2.75) is 12.1 Å². The second kappa shape index (κ2) is 4.48. The molecule has 2 aromatic rings. The number of piperidine rings is 1. The summed E-state index contributed by atoms with van der Waals surface area (Å²) < 4.78 is 39.0. The van der Waals surface area contributed by atoms with E-state index in [4.69, 9.17) is 0 Å². The predicted octanol–water partition coefficient (Wildman–Crippen LogP) is 2.55. The van der Waals surface area contributed by atoms with Crippen LogP contribution in [0.2, 0.25) is 0 Å². The van der Waals surface area contributed by atoms with Crippen LogP contribution in [-0.2, 0) is 6.18 Å². The van der Waals surface area contributed by atoms with Gasteiger partial charge in [0.1, 0.15) is 10.0 Å². The fourth-order valence-corrected chi connectivity index (χ4v) is 4.19. The van der Waals surface area contributed by atoms with Gasteiger partial charge in [-0.2, -0.15) is 13.2 Å². The van der Waals surface area contributed by atoms with Crippen molar-refractivity contribution in [3.63, 3.8) is 0 Å². The van der Waals surface area contributed by atoms with Crippen molar-refractivity contribution in [3.05, 3.63) is 29.0 Å². The van der Waals surface area contributed by atoms with Gasteiger partial charge in [-0.25, -0.2) is 0 Å². The van der Waals surface area contributed by atoms with Gasteiger partial charge >= 0.3 is 6.18 Å². The maximum absolute atomic E-state index is 13.0. The van der Waals surface area contributed by atoms with Crippen LogP contribution in [0, 0.1) is 11.8 Å². The molecule has 2 fully saturated rings. The number of hydrogen-bond donors (Lipinski definition) is 1. The van der Waals surface area contributed by atoms with Crippen LogP contribution in [0.3, 0.4) is 0 Å². The highest BCUT2D eigenvalue weighted by atomic mass is 32.1. The van der Waals surface area contributed by atoms with E-state index in [1.807, 2.05) is 0 Å². The third kappa shape index (κ3) is 2.13. The molecule has 21 heavy (non-hydrogen) atoms. The first-order valence-corrected chi connectivity index (χ1v) is 7.44. The minimum atomic E-state index is -4.48. The molecule has 1 aliphatic heterocycles. The summed E-state index contributed by atoms with van der Waals surface area (Å²) >= 11 is 1.25. The molecule has 0 spiro atoms. The van der Waals surface area contributed by atoms with Crippen LogP contribution in [0.5, 0.6) is 0 Å². The van der Waals surface area contributed by atoms with Gasteiger partial charge in [-0.05, 0) is 37.1 Å². The number of rotatable bonds is 2. The summed E-state index contributed by atoms with van der Waals surface area (Å²) in [7, 11) is 0. The summed E-state index contributed by atoms with van der Waals surface area (Å²) in [5.41, 5.74) is -0.886. The highest BCUT2D eigenvalue weighted by molar-refractivity contribution is 7.14. The van der Waals surface area contributed by atoms with Crippen molar-refractivity contribution < 1.29 is 13.2 Å². The van der Waals surface area contributed by atoms with Gasteiger partial charge < -0.3 is 5.32 Å². The molecule has 2 atom stereocenters. The molecule has 1 saturated heterocycles. The molecule has 1 saturated carbocycles. The number of nitrogens with zero attached hydrogens (tertiary/aromatic N) is 3. The highest BCUT2D eigenvalue weighted by Gasteiger charge is 2.55. The molecule has 0 radical (unpaired) electrons. The molecule has 2 aliphatic rings. The zero-order valence-corrected chi connectivity index (χ0v) is 11.6. The third-order valence-electron chi connectivity index (χ3n) is 4.12. The van der Waals surface area contributed by atoms with Crippen LogP contribution in [0.4, 0.5) is 13.2 Å². The molecule has 8 heteroatoms. The molecule has 1 N–H and O–H groups in total. The van der Waals surface area contributed by atoms with Gasteiger partial charge in [-0.1, -0.05) is 11.3 Å². The average Bonchev–Trinajstić information content (AvgIpc) is 2.88. The molecular formula is C13H11F3N4S. The summed E-state index contributed by atoms with van der Waals surface area (Å²) in [6, 6.07) is 2.89. The molecule has 0 amide bonds. The smallest absolute Gasteiger partial charge is 0.316 e. The molecule has 2 unspecified atom stereocenters. The third-order valence-corrected chi connectivity index (χ3v) is 5.18. The van der Waals surface area contributed by atoms with E-state index in [1.54, 1.807) is 0 Å². The summed E-state index contributed by atoms with van der Waals surface area (Å²) in [6.07, 6.45) is -3.34. The molecular weight excluding hydrogens is 301 g/mol. The van der Waals surface area contributed by atoms with E-state index in [0.29, 0.717) is 22.8 Å². The zero-order chi connectivity index (χ0) is 14.6. The van der Waals surface area contributed by atoms with Gasteiger partial charge in [0.15, 0.2) is 5.69 Å². The summed E-state index contributed by atoms with van der Waals surface area (Å²) in [6.45, 7) is 1.93. The van der Waals surface area contributed by atoms with E-state index >= 15 is 0 Å². The van der Waals surface area contributed by atoms with E-state index < -0.39 is 11.9 Å². The minimum Gasteiger partial charge on any atom is -0.316 e. The SMILES string of the molecule is FC(F)(F)c1ncccc1-c1nnc(C2C3CNCC32)s1. The van der Waals surface area contributed by atoms with Gasteiger partial charge in [0.25, 0.3) is 0 Å². The van der Waals surface area contributed by atoms with Crippen molar-refractivity contribution in [2.75, 3.05) is 13.1 Å². The largest absolute Gasteiger partial charge is 0.434 e. The number of aromatic nitrogens is 3. The Morgan fingerprint density at radius 3 is 2.67 bits per heavy atom. The Balaban J connectivity index is 1.68. The molecule has 110 valence electrons. The lowest BCUT2D eigenvalue weighted by Crippen LogP contribution is -2.13. The molecule has 1 aliphatic carbocycles.